The van der Waals surface area contributed by atoms with Crippen LogP contribution in [0.25, 0.3) is 0 Å². The molecule has 3 heterocycles. The van der Waals surface area contributed by atoms with E-state index in [1.807, 2.05) is 0 Å². The summed E-state index contributed by atoms with van der Waals surface area (Å²) in [5, 5.41) is 96.1. The normalized spacial score (nSPS) is 39.2. The van der Waals surface area contributed by atoms with Crippen molar-refractivity contribution in [1.29, 1.82) is 0 Å². The van der Waals surface area contributed by atoms with Gasteiger partial charge in [-0.15, -0.1) is 0 Å². The molecule has 0 bridgehead atoms. The van der Waals surface area contributed by atoms with Crippen LogP contribution in [0.4, 0.5) is 0 Å². The van der Waals surface area contributed by atoms with Crippen LogP contribution in [0.3, 0.4) is 0 Å². The van der Waals surface area contributed by atoms with Gasteiger partial charge in [0.1, 0.15) is 73.2 Å². The molecular weight excluding hydrogens is 674 g/mol. The minimum absolute atomic E-state index is 0.192. The van der Waals surface area contributed by atoms with E-state index in [-0.39, 0.29) is 12.6 Å². The van der Waals surface area contributed by atoms with Gasteiger partial charge in [-0.2, -0.15) is 0 Å². The van der Waals surface area contributed by atoms with E-state index in [4.69, 9.17) is 33.2 Å². The second-order valence-corrected chi connectivity index (χ2v) is 12.6. The van der Waals surface area contributed by atoms with Gasteiger partial charge in [0.2, 0.25) is 5.91 Å². The quantitative estimate of drug-likeness (QED) is 0.0446. The van der Waals surface area contributed by atoms with Crippen molar-refractivity contribution in [1.82, 2.24) is 5.32 Å². The van der Waals surface area contributed by atoms with Gasteiger partial charge >= 0.3 is 5.97 Å². The molecule has 0 spiro atoms. The Hall–Kier alpha value is -1.66. The second kappa shape index (κ2) is 21.1. The average molecular weight is 730 g/mol. The van der Waals surface area contributed by atoms with Crippen LogP contribution in [-0.2, 0) is 42.7 Å². The molecule has 15 atom stereocenters. The zero-order valence-corrected chi connectivity index (χ0v) is 28.3. The Morgan fingerprint density at radius 1 is 0.620 bits per heavy atom. The first kappa shape index (κ1) is 42.8. The number of aliphatic hydroxyl groups excluding tert-OH is 9. The summed E-state index contributed by atoms with van der Waals surface area (Å²) in [7, 11) is 0. The third-order valence-electron chi connectivity index (χ3n) is 8.84. The van der Waals surface area contributed by atoms with Crippen molar-refractivity contribution in [3.63, 3.8) is 0 Å². The summed E-state index contributed by atoms with van der Waals surface area (Å²) >= 11 is 0. The van der Waals surface area contributed by atoms with Gasteiger partial charge in [-0.25, -0.2) is 0 Å². The molecule has 1 amide bonds. The van der Waals surface area contributed by atoms with E-state index in [9.17, 15) is 55.5 Å². The number of esters is 1. The Morgan fingerprint density at radius 2 is 1.16 bits per heavy atom. The van der Waals surface area contributed by atoms with Crippen molar-refractivity contribution in [3.8, 4) is 0 Å². The number of unbranched alkanes of at least 4 members (excludes halogenated alkanes) is 5. The Bertz CT molecular complexity index is 1010. The van der Waals surface area contributed by atoms with E-state index in [0.717, 1.165) is 32.1 Å². The largest absolute Gasteiger partial charge is 0.466 e. The van der Waals surface area contributed by atoms with Crippen molar-refractivity contribution in [2.45, 2.75) is 151 Å². The van der Waals surface area contributed by atoms with Crippen molar-refractivity contribution >= 4 is 11.9 Å². The molecule has 0 saturated carbocycles. The number of ether oxygens (including phenoxy) is 7. The molecule has 19 nitrogen and oxygen atoms in total. The van der Waals surface area contributed by atoms with Crippen LogP contribution in [0.5, 0.6) is 0 Å². The monoisotopic (exact) mass is 729 g/mol. The number of carbonyl (C=O) groups excluding carboxylic acids is 2. The molecule has 3 aliphatic rings. The first-order valence-electron chi connectivity index (χ1n) is 17.1. The molecule has 0 radical (unpaired) electrons. The predicted octanol–water partition coefficient (Wildman–Crippen LogP) is -4.11. The van der Waals surface area contributed by atoms with E-state index in [2.05, 4.69) is 5.32 Å². The van der Waals surface area contributed by atoms with E-state index in [1.165, 1.54) is 6.92 Å². The molecule has 3 fully saturated rings. The van der Waals surface area contributed by atoms with E-state index in [0.29, 0.717) is 19.4 Å². The van der Waals surface area contributed by atoms with Gasteiger partial charge in [0.05, 0.1) is 26.4 Å². The average Bonchev–Trinajstić information content (AvgIpc) is 3.09. The Balaban J connectivity index is 1.62. The fourth-order valence-corrected chi connectivity index (χ4v) is 6.09. The number of hydrogen-bond donors (Lipinski definition) is 10. The highest BCUT2D eigenvalue weighted by Crippen LogP contribution is 2.33. The lowest BCUT2D eigenvalue weighted by atomic mass is 9.95. The predicted molar refractivity (Wildman–Crippen MR) is 166 cm³/mol. The maximum Gasteiger partial charge on any atom is 0.305 e. The number of nitrogens with one attached hydrogen (secondary N) is 1. The molecule has 10 N–H and O–H groups in total. The topological polar surface area (TPSA) is 293 Å². The minimum Gasteiger partial charge on any atom is -0.466 e. The number of rotatable bonds is 19. The summed E-state index contributed by atoms with van der Waals surface area (Å²) in [6.45, 7) is 1.23. The Labute approximate surface area is 289 Å². The number of amides is 1. The van der Waals surface area contributed by atoms with Gasteiger partial charge in [0.15, 0.2) is 18.9 Å². The zero-order valence-electron chi connectivity index (χ0n) is 28.3. The fourth-order valence-electron chi connectivity index (χ4n) is 6.09. The van der Waals surface area contributed by atoms with E-state index < -0.39 is 118 Å². The second-order valence-electron chi connectivity index (χ2n) is 12.6. The minimum atomic E-state index is -1.91. The molecule has 3 rings (SSSR count). The lowest BCUT2D eigenvalue weighted by Gasteiger charge is -2.48. The summed E-state index contributed by atoms with van der Waals surface area (Å²) < 4.78 is 39.0. The summed E-state index contributed by atoms with van der Waals surface area (Å²) in [5.74, 6) is -0.751. The highest BCUT2D eigenvalue weighted by atomic mass is 16.8. The van der Waals surface area contributed by atoms with Crippen LogP contribution in [0.2, 0.25) is 0 Å². The van der Waals surface area contributed by atoms with Crippen molar-refractivity contribution in [3.05, 3.63) is 0 Å². The maximum absolute atomic E-state index is 12.1. The molecule has 3 aliphatic heterocycles. The zero-order chi connectivity index (χ0) is 37.0. The molecule has 50 heavy (non-hydrogen) atoms. The molecule has 0 aromatic carbocycles. The van der Waals surface area contributed by atoms with Gasteiger partial charge in [-0.3, -0.25) is 9.59 Å². The summed E-state index contributed by atoms with van der Waals surface area (Å²) in [4.78, 5) is 23.5. The summed E-state index contributed by atoms with van der Waals surface area (Å²) in [6, 6.07) is -1.20. The van der Waals surface area contributed by atoms with Gasteiger partial charge in [0.25, 0.3) is 0 Å². The van der Waals surface area contributed by atoms with Crippen molar-refractivity contribution in [2.24, 2.45) is 0 Å². The maximum atomic E-state index is 12.1. The molecule has 3 saturated heterocycles. The lowest BCUT2D eigenvalue weighted by molar-refractivity contribution is -0.376. The van der Waals surface area contributed by atoms with Crippen LogP contribution in [0.15, 0.2) is 0 Å². The van der Waals surface area contributed by atoms with Gasteiger partial charge in [-0.1, -0.05) is 25.7 Å². The van der Waals surface area contributed by atoms with E-state index >= 15 is 0 Å². The van der Waals surface area contributed by atoms with Crippen molar-refractivity contribution in [2.75, 3.05) is 33.0 Å². The highest BCUT2D eigenvalue weighted by Gasteiger charge is 2.54. The van der Waals surface area contributed by atoms with Crippen LogP contribution >= 0.6 is 0 Å². The summed E-state index contributed by atoms with van der Waals surface area (Å²) in [6.07, 6.45) is -17.5. The lowest BCUT2D eigenvalue weighted by Crippen LogP contribution is -2.68. The van der Waals surface area contributed by atoms with Crippen LogP contribution < -0.4 is 5.32 Å². The van der Waals surface area contributed by atoms with Gasteiger partial charge < -0.3 is 84.4 Å². The van der Waals surface area contributed by atoms with Crippen LogP contribution in [-0.4, -0.2) is 183 Å². The molecule has 0 aromatic heterocycles. The number of hydrogen-bond acceptors (Lipinski definition) is 18. The molecular formula is C31H55NO18. The fraction of sp³-hybridized carbons (Fsp3) is 0.935. The van der Waals surface area contributed by atoms with Crippen LogP contribution in [0, 0.1) is 0 Å². The van der Waals surface area contributed by atoms with Crippen LogP contribution in [0.1, 0.15) is 58.8 Å². The standard InChI is InChI=1S/C31H55NO18/c1-3-44-19(37)10-8-6-4-5-7-9-11-45-29-20(32-15(2)36)23(40)27(18(14-35)48-29)49-31-26(43)28(22(39)17(13-34)47-31)50-30-25(42)24(41)21(38)16(12-33)46-30/h16-18,20-31,33-35,38-43H,3-14H2,1-2H3,(H,32,36)/t16-,17-,18-,20-,21+,22+,23-,24+,25-,26-,27-,28+,29-,30-,31+/m1/s1. The SMILES string of the molecule is CCOC(=O)CCCCCCCCO[C@@H]1O[C@H](CO)[C@@H](O[C@@H]2O[C@H](CO)[C@H](O)[C@H](O[C@H]3O[C@H](CO)[C@H](O)[C@H](O)[C@H]3O)[C@H]2O)[C@H](O)[C@H]1NC(C)=O. The highest BCUT2D eigenvalue weighted by molar-refractivity contribution is 5.73. The smallest absolute Gasteiger partial charge is 0.305 e. The molecule has 0 unspecified atom stereocenters. The van der Waals surface area contributed by atoms with Gasteiger partial charge in [-0.05, 0) is 19.8 Å². The first-order valence-corrected chi connectivity index (χ1v) is 17.1. The molecule has 292 valence electrons. The molecule has 0 aliphatic carbocycles. The third kappa shape index (κ3) is 11.4. The Kier molecular flexibility index (Phi) is 18.1. The van der Waals surface area contributed by atoms with Gasteiger partial charge in [0, 0.05) is 20.0 Å². The number of carbonyl (C=O) groups is 2. The van der Waals surface area contributed by atoms with E-state index in [1.54, 1.807) is 6.92 Å². The molecule has 0 aromatic rings. The Morgan fingerprint density at radius 3 is 1.76 bits per heavy atom. The molecule has 19 heteroatoms. The van der Waals surface area contributed by atoms with Crippen molar-refractivity contribution < 1.29 is 88.7 Å². The first-order chi connectivity index (χ1) is 23.9. The summed E-state index contributed by atoms with van der Waals surface area (Å²) in [5.41, 5.74) is 0. The number of aliphatic hydroxyl groups is 9. The third-order valence-corrected chi connectivity index (χ3v) is 8.84.